The van der Waals surface area contributed by atoms with Gasteiger partial charge in [-0.15, -0.1) is 0 Å². The third-order valence-corrected chi connectivity index (χ3v) is 3.97. The number of carbonyl (C=O) groups is 2. The molecule has 0 spiro atoms. The molecule has 0 saturated heterocycles. The molecule has 150 valence electrons. The lowest BCUT2D eigenvalue weighted by atomic mass is 10.0. The molecule has 1 atom stereocenters. The second kappa shape index (κ2) is 9.40. The summed E-state index contributed by atoms with van der Waals surface area (Å²) in [5.41, 5.74) is 2.26. The lowest BCUT2D eigenvalue weighted by molar-refractivity contribution is -0.118. The van der Waals surface area contributed by atoms with E-state index >= 15 is 0 Å². The van der Waals surface area contributed by atoms with Crippen molar-refractivity contribution in [1.82, 2.24) is 5.32 Å². The largest absolute Gasteiger partial charge is 0.444 e. The number of amides is 2. The van der Waals surface area contributed by atoms with Crippen LogP contribution in [-0.4, -0.2) is 23.6 Å². The fraction of sp³-hybridized carbons (Fsp3) is 0.391. The van der Waals surface area contributed by atoms with Crippen molar-refractivity contribution in [2.45, 2.75) is 52.7 Å². The Balaban J connectivity index is 2.04. The minimum absolute atomic E-state index is 0.242. The standard InChI is InChI=1S/C23H30N2O3/c1-16(2)15-20(25-22(27)28-23(3,4)5)21(26)24-19-13-11-18(12-14-19)17-9-7-6-8-10-17/h6-14,16,20H,15H2,1-5H3,(H,24,26)(H,25,27). The molecule has 2 amide bonds. The van der Waals surface area contributed by atoms with Gasteiger partial charge >= 0.3 is 6.09 Å². The molecule has 0 aromatic heterocycles. The third kappa shape index (κ3) is 7.06. The van der Waals surface area contributed by atoms with Crippen LogP contribution in [0.4, 0.5) is 10.5 Å². The van der Waals surface area contributed by atoms with Crippen molar-refractivity contribution in [1.29, 1.82) is 0 Å². The number of benzene rings is 2. The Hall–Kier alpha value is -2.82. The SMILES string of the molecule is CC(C)CC(NC(=O)OC(C)(C)C)C(=O)Nc1ccc(-c2ccccc2)cc1. The fourth-order valence-electron chi connectivity index (χ4n) is 2.76. The maximum atomic E-state index is 12.7. The van der Waals surface area contributed by atoms with E-state index in [1.165, 1.54) is 0 Å². The van der Waals surface area contributed by atoms with Crippen LogP contribution in [-0.2, 0) is 9.53 Å². The predicted molar refractivity (Wildman–Crippen MR) is 113 cm³/mol. The summed E-state index contributed by atoms with van der Waals surface area (Å²) in [4.78, 5) is 24.8. The van der Waals surface area contributed by atoms with Crippen molar-refractivity contribution >= 4 is 17.7 Å². The molecule has 2 aromatic rings. The minimum Gasteiger partial charge on any atom is -0.444 e. The van der Waals surface area contributed by atoms with Crippen LogP contribution in [0.3, 0.4) is 0 Å². The van der Waals surface area contributed by atoms with Crippen molar-refractivity contribution in [2.24, 2.45) is 5.92 Å². The van der Waals surface area contributed by atoms with Crippen LogP contribution < -0.4 is 10.6 Å². The Morgan fingerprint density at radius 1 is 0.929 bits per heavy atom. The van der Waals surface area contributed by atoms with Crippen LogP contribution in [0.25, 0.3) is 11.1 Å². The summed E-state index contributed by atoms with van der Waals surface area (Å²) in [6.45, 7) is 9.38. The van der Waals surface area contributed by atoms with E-state index in [2.05, 4.69) is 10.6 Å². The van der Waals surface area contributed by atoms with Crippen molar-refractivity contribution < 1.29 is 14.3 Å². The second-order valence-corrected chi connectivity index (χ2v) is 8.26. The Morgan fingerprint density at radius 2 is 1.50 bits per heavy atom. The zero-order valence-electron chi connectivity index (χ0n) is 17.3. The molecule has 2 aromatic carbocycles. The number of anilines is 1. The molecule has 0 saturated carbocycles. The minimum atomic E-state index is -0.663. The predicted octanol–water partition coefficient (Wildman–Crippen LogP) is 5.23. The number of carbonyl (C=O) groups excluding carboxylic acids is 2. The van der Waals surface area contributed by atoms with Gasteiger partial charge in [0.1, 0.15) is 11.6 Å². The Labute approximate surface area is 167 Å². The first-order valence-corrected chi connectivity index (χ1v) is 9.60. The van der Waals surface area contributed by atoms with E-state index in [9.17, 15) is 9.59 Å². The fourth-order valence-corrected chi connectivity index (χ4v) is 2.76. The summed E-state index contributed by atoms with van der Waals surface area (Å²) < 4.78 is 5.28. The van der Waals surface area contributed by atoms with Gasteiger partial charge < -0.3 is 15.4 Å². The monoisotopic (exact) mass is 382 g/mol. The second-order valence-electron chi connectivity index (χ2n) is 8.26. The van der Waals surface area contributed by atoms with Crippen LogP contribution in [0.5, 0.6) is 0 Å². The molecule has 2 rings (SSSR count). The first kappa shape index (κ1) is 21.5. The molecule has 28 heavy (non-hydrogen) atoms. The van der Waals surface area contributed by atoms with Gasteiger partial charge in [0, 0.05) is 5.69 Å². The molecule has 0 bridgehead atoms. The summed E-state index contributed by atoms with van der Waals surface area (Å²) in [5.74, 6) is -0.0156. The Morgan fingerprint density at radius 3 is 2.04 bits per heavy atom. The first-order valence-electron chi connectivity index (χ1n) is 9.60. The molecule has 0 aliphatic carbocycles. The van der Waals surface area contributed by atoms with Gasteiger partial charge in [0.15, 0.2) is 0 Å². The summed E-state index contributed by atoms with van der Waals surface area (Å²) in [6, 6.07) is 17.0. The molecule has 0 aliphatic rings. The summed E-state index contributed by atoms with van der Waals surface area (Å²) in [6.07, 6.45) is -0.0691. The lowest BCUT2D eigenvalue weighted by Gasteiger charge is -2.24. The van der Waals surface area contributed by atoms with Crippen LogP contribution >= 0.6 is 0 Å². The molecular formula is C23H30N2O3. The van der Waals surface area contributed by atoms with Crippen LogP contribution in [0.15, 0.2) is 54.6 Å². The molecule has 5 heteroatoms. The van der Waals surface area contributed by atoms with Crippen LogP contribution in [0, 0.1) is 5.92 Å². The number of nitrogens with one attached hydrogen (secondary N) is 2. The average molecular weight is 383 g/mol. The average Bonchev–Trinajstić information content (AvgIpc) is 2.60. The molecule has 0 radical (unpaired) electrons. The van der Waals surface area contributed by atoms with Gasteiger partial charge in [-0.2, -0.15) is 0 Å². The highest BCUT2D eigenvalue weighted by Crippen LogP contribution is 2.21. The van der Waals surface area contributed by atoms with Crippen molar-refractivity contribution in [3.63, 3.8) is 0 Å². The Kier molecular flexibility index (Phi) is 7.21. The number of alkyl carbamates (subject to hydrolysis) is 1. The normalized spacial score (nSPS) is 12.4. The van der Waals surface area contributed by atoms with E-state index in [0.717, 1.165) is 11.1 Å². The van der Waals surface area contributed by atoms with Gasteiger partial charge in [0.05, 0.1) is 0 Å². The molecular weight excluding hydrogens is 352 g/mol. The highest BCUT2D eigenvalue weighted by Gasteiger charge is 2.25. The maximum Gasteiger partial charge on any atom is 0.408 e. The maximum absolute atomic E-state index is 12.7. The molecule has 5 nitrogen and oxygen atoms in total. The lowest BCUT2D eigenvalue weighted by Crippen LogP contribution is -2.46. The topological polar surface area (TPSA) is 67.4 Å². The van der Waals surface area contributed by atoms with Gasteiger partial charge in [-0.1, -0.05) is 56.3 Å². The van der Waals surface area contributed by atoms with Crippen molar-refractivity contribution in [3.05, 3.63) is 54.6 Å². The summed E-state index contributed by atoms with van der Waals surface area (Å²) in [7, 11) is 0. The number of hydrogen-bond donors (Lipinski definition) is 2. The highest BCUT2D eigenvalue weighted by atomic mass is 16.6. The van der Waals surface area contributed by atoms with Gasteiger partial charge in [0.2, 0.25) is 5.91 Å². The molecule has 1 unspecified atom stereocenters. The van der Waals surface area contributed by atoms with Crippen molar-refractivity contribution in [3.8, 4) is 11.1 Å². The third-order valence-electron chi connectivity index (χ3n) is 3.97. The van der Waals surface area contributed by atoms with Crippen LogP contribution in [0.1, 0.15) is 41.0 Å². The molecule has 2 N–H and O–H groups in total. The zero-order valence-corrected chi connectivity index (χ0v) is 17.3. The first-order chi connectivity index (χ1) is 13.1. The van der Waals surface area contributed by atoms with E-state index < -0.39 is 17.7 Å². The van der Waals surface area contributed by atoms with Gasteiger partial charge in [-0.05, 0) is 56.4 Å². The summed E-state index contributed by atoms with van der Waals surface area (Å²) in [5, 5.41) is 5.57. The zero-order chi connectivity index (χ0) is 20.7. The van der Waals surface area contributed by atoms with E-state index in [0.29, 0.717) is 12.1 Å². The summed E-state index contributed by atoms with van der Waals surface area (Å²) >= 11 is 0. The van der Waals surface area contributed by atoms with E-state index in [1.54, 1.807) is 20.8 Å². The van der Waals surface area contributed by atoms with E-state index in [4.69, 9.17) is 4.74 Å². The molecule has 0 aliphatic heterocycles. The molecule has 0 fully saturated rings. The molecule has 0 heterocycles. The van der Waals surface area contributed by atoms with E-state index in [-0.39, 0.29) is 11.8 Å². The van der Waals surface area contributed by atoms with Crippen LogP contribution in [0.2, 0.25) is 0 Å². The number of hydrogen-bond acceptors (Lipinski definition) is 3. The quantitative estimate of drug-likeness (QED) is 0.719. The number of ether oxygens (including phenoxy) is 1. The van der Waals surface area contributed by atoms with Gasteiger partial charge in [-0.25, -0.2) is 4.79 Å². The van der Waals surface area contributed by atoms with Gasteiger partial charge in [-0.3, -0.25) is 4.79 Å². The number of rotatable bonds is 6. The smallest absolute Gasteiger partial charge is 0.408 e. The highest BCUT2D eigenvalue weighted by molar-refractivity contribution is 5.96. The Bertz CT molecular complexity index is 778. The van der Waals surface area contributed by atoms with Gasteiger partial charge in [0.25, 0.3) is 0 Å². The van der Waals surface area contributed by atoms with E-state index in [1.807, 2.05) is 68.4 Å². The van der Waals surface area contributed by atoms with Crippen molar-refractivity contribution in [2.75, 3.05) is 5.32 Å².